The molecule has 2 aromatic carbocycles. The molecular weight excluding hydrogens is 398 g/mol. The number of hydrogen-bond donors (Lipinski definition) is 0. The molecule has 0 bridgehead atoms. The van der Waals surface area contributed by atoms with E-state index in [4.69, 9.17) is 18.4 Å². The molecule has 0 spiro atoms. The number of hydrogen-bond acceptors (Lipinski definition) is 8. The van der Waals surface area contributed by atoms with Gasteiger partial charge >= 0.3 is 5.97 Å². The Bertz CT molecular complexity index is 1160. The first-order chi connectivity index (χ1) is 15.1. The Hall–Kier alpha value is -3.94. The number of carbonyl (C=O) groups is 1. The fourth-order valence-electron chi connectivity index (χ4n) is 2.89. The van der Waals surface area contributed by atoms with E-state index >= 15 is 0 Å². The number of methoxy groups -OCH3 is 1. The van der Waals surface area contributed by atoms with Crippen LogP contribution in [0.1, 0.15) is 23.8 Å². The molecule has 4 aromatic rings. The van der Waals surface area contributed by atoms with Crippen LogP contribution in [0.15, 0.2) is 63.7 Å². The van der Waals surface area contributed by atoms with Crippen LogP contribution in [-0.4, -0.2) is 28.2 Å². The van der Waals surface area contributed by atoms with Gasteiger partial charge < -0.3 is 18.4 Å². The smallest absolute Gasteiger partial charge is 0.306 e. The van der Waals surface area contributed by atoms with Crippen LogP contribution in [0.3, 0.4) is 0 Å². The van der Waals surface area contributed by atoms with E-state index in [1.165, 1.54) is 5.56 Å². The van der Waals surface area contributed by atoms with Gasteiger partial charge in [0.1, 0.15) is 5.75 Å². The van der Waals surface area contributed by atoms with Crippen LogP contribution in [-0.2, 0) is 22.6 Å². The van der Waals surface area contributed by atoms with Gasteiger partial charge in [-0.25, -0.2) is 4.98 Å². The molecule has 8 heteroatoms. The number of oxazole rings is 1. The first kappa shape index (κ1) is 20.3. The van der Waals surface area contributed by atoms with Crippen LogP contribution >= 0.6 is 0 Å². The van der Waals surface area contributed by atoms with Crippen LogP contribution in [0.4, 0.5) is 0 Å². The molecular formula is C23H21N3O5. The van der Waals surface area contributed by atoms with E-state index in [0.29, 0.717) is 29.6 Å². The van der Waals surface area contributed by atoms with Crippen LogP contribution in [0, 0.1) is 6.92 Å². The maximum atomic E-state index is 12.1. The van der Waals surface area contributed by atoms with E-state index < -0.39 is 5.97 Å². The molecule has 0 aliphatic heterocycles. The number of ether oxygens (including phenoxy) is 2. The molecule has 0 saturated carbocycles. The Labute approximate surface area is 178 Å². The van der Waals surface area contributed by atoms with Crippen LogP contribution < -0.4 is 4.74 Å². The van der Waals surface area contributed by atoms with Crippen molar-refractivity contribution in [1.29, 1.82) is 0 Å². The van der Waals surface area contributed by atoms with E-state index in [0.717, 1.165) is 11.1 Å². The van der Waals surface area contributed by atoms with E-state index in [2.05, 4.69) is 15.1 Å². The summed E-state index contributed by atoms with van der Waals surface area (Å²) >= 11 is 0. The average Bonchev–Trinajstić information content (AvgIpc) is 3.47. The van der Waals surface area contributed by atoms with Crippen molar-refractivity contribution in [2.24, 2.45) is 0 Å². The molecule has 0 aliphatic carbocycles. The first-order valence-electron chi connectivity index (χ1n) is 9.75. The van der Waals surface area contributed by atoms with Gasteiger partial charge in [-0.2, -0.15) is 4.98 Å². The largest absolute Gasteiger partial charge is 0.497 e. The van der Waals surface area contributed by atoms with Gasteiger partial charge in [0.05, 0.1) is 19.7 Å². The highest BCUT2D eigenvalue weighted by Crippen LogP contribution is 2.22. The minimum Gasteiger partial charge on any atom is -0.497 e. The molecule has 0 radical (unpaired) electrons. The average molecular weight is 419 g/mol. The zero-order valence-corrected chi connectivity index (χ0v) is 17.2. The third-order valence-electron chi connectivity index (χ3n) is 4.59. The molecule has 158 valence electrons. The molecule has 4 rings (SSSR count). The second kappa shape index (κ2) is 9.25. The van der Waals surface area contributed by atoms with Crippen LogP contribution in [0.2, 0.25) is 0 Å². The Kier molecular flexibility index (Phi) is 6.07. The highest BCUT2D eigenvalue weighted by atomic mass is 16.6. The lowest BCUT2D eigenvalue weighted by Gasteiger charge is -2.01. The van der Waals surface area contributed by atoms with E-state index in [9.17, 15) is 4.79 Å². The lowest BCUT2D eigenvalue weighted by atomic mass is 10.1. The number of benzene rings is 2. The number of aromatic nitrogens is 3. The van der Waals surface area contributed by atoms with Gasteiger partial charge in [0, 0.05) is 17.5 Å². The molecule has 0 amide bonds. The fourth-order valence-corrected chi connectivity index (χ4v) is 2.89. The summed E-state index contributed by atoms with van der Waals surface area (Å²) in [5, 5.41) is 3.91. The van der Waals surface area contributed by atoms with Crippen LogP contribution in [0.5, 0.6) is 5.75 Å². The van der Waals surface area contributed by atoms with Crippen molar-refractivity contribution in [1.82, 2.24) is 15.1 Å². The molecule has 2 aromatic heterocycles. The standard InChI is InChI=1S/C23H21N3O5/c1-15-6-8-16(9-7-15)19-13-24-20(30-19)10-11-22(27)29-14-21-25-23(26-31-21)17-4-3-5-18(12-17)28-2/h3-9,12-13H,10-11,14H2,1-2H3. The molecule has 2 heterocycles. The third kappa shape index (κ3) is 5.16. The SMILES string of the molecule is COc1cccc(-c2noc(COC(=O)CCc3ncc(-c4ccc(C)cc4)o3)n2)c1. The van der Waals surface area contributed by atoms with Crippen molar-refractivity contribution >= 4 is 5.97 Å². The minimum absolute atomic E-state index is 0.101. The summed E-state index contributed by atoms with van der Waals surface area (Å²) in [6, 6.07) is 15.2. The summed E-state index contributed by atoms with van der Waals surface area (Å²) in [5.74, 6) is 2.03. The van der Waals surface area contributed by atoms with Gasteiger partial charge in [0.25, 0.3) is 5.89 Å². The molecule has 31 heavy (non-hydrogen) atoms. The van der Waals surface area contributed by atoms with Crippen molar-refractivity contribution in [3.05, 3.63) is 72.1 Å². The van der Waals surface area contributed by atoms with Crippen molar-refractivity contribution < 1.29 is 23.2 Å². The van der Waals surface area contributed by atoms with Gasteiger partial charge in [-0.1, -0.05) is 47.1 Å². The Morgan fingerprint density at radius 1 is 1.06 bits per heavy atom. The van der Waals surface area contributed by atoms with E-state index in [1.807, 2.05) is 49.4 Å². The number of carbonyl (C=O) groups excluding carboxylic acids is 1. The van der Waals surface area contributed by atoms with Crippen molar-refractivity contribution in [2.75, 3.05) is 7.11 Å². The quantitative estimate of drug-likeness (QED) is 0.388. The van der Waals surface area contributed by atoms with Crippen molar-refractivity contribution in [3.63, 3.8) is 0 Å². The first-order valence-corrected chi connectivity index (χ1v) is 9.75. The lowest BCUT2D eigenvalue weighted by Crippen LogP contribution is -2.06. The molecule has 0 N–H and O–H groups in total. The summed E-state index contributed by atoms with van der Waals surface area (Å²) < 4.78 is 21.3. The topological polar surface area (TPSA) is 100 Å². The zero-order chi connectivity index (χ0) is 21.6. The van der Waals surface area contributed by atoms with Gasteiger partial charge in [0.15, 0.2) is 18.3 Å². The monoisotopic (exact) mass is 419 g/mol. The highest BCUT2D eigenvalue weighted by Gasteiger charge is 2.13. The zero-order valence-electron chi connectivity index (χ0n) is 17.2. The summed E-state index contributed by atoms with van der Waals surface area (Å²) in [6.45, 7) is 1.92. The van der Waals surface area contributed by atoms with Gasteiger partial charge in [-0.15, -0.1) is 0 Å². The summed E-state index contributed by atoms with van der Waals surface area (Å²) in [4.78, 5) is 20.5. The Balaban J connectivity index is 1.27. The summed E-state index contributed by atoms with van der Waals surface area (Å²) in [6.07, 6.45) is 2.12. The summed E-state index contributed by atoms with van der Waals surface area (Å²) in [7, 11) is 1.59. The van der Waals surface area contributed by atoms with Crippen molar-refractivity contribution in [3.8, 4) is 28.5 Å². The molecule has 8 nitrogen and oxygen atoms in total. The Morgan fingerprint density at radius 3 is 2.71 bits per heavy atom. The molecule has 0 unspecified atom stereocenters. The molecule has 0 aliphatic rings. The molecule has 0 saturated heterocycles. The summed E-state index contributed by atoms with van der Waals surface area (Å²) in [5.41, 5.74) is 2.85. The van der Waals surface area contributed by atoms with Gasteiger partial charge in [0.2, 0.25) is 5.82 Å². The number of rotatable bonds is 8. The highest BCUT2D eigenvalue weighted by molar-refractivity contribution is 5.69. The fraction of sp³-hybridized carbons (Fsp3) is 0.217. The van der Waals surface area contributed by atoms with E-state index in [-0.39, 0.29) is 18.9 Å². The van der Waals surface area contributed by atoms with Crippen molar-refractivity contribution in [2.45, 2.75) is 26.4 Å². The molecule has 0 fully saturated rings. The second-order valence-corrected chi connectivity index (χ2v) is 6.89. The molecule has 0 atom stereocenters. The van der Waals surface area contributed by atoms with E-state index in [1.54, 1.807) is 19.4 Å². The number of esters is 1. The maximum absolute atomic E-state index is 12.1. The minimum atomic E-state index is -0.406. The Morgan fingerprint density at radius 2 is 1.90 bits per heavy atom. The lowest BCUT2D eigenvalue weighted by molar-refractivity contribution is -0.145. The van der Waals surface area contributed by atoms with Gasteiger partial charge in [-0.05, 0) is 19.1 Å². The predicted octanol–water partition coefficient (Wildman–Crippen LogP) is 4.38. The third-order valence-corrected chi connectivity index (χ3v) is 4.59. The van der Waals surface area contributed by atoms with Gasteiger partial charge in [-0.3, -0.25) is 4.79 Å². The number of aryl methyl sites for hydroxylation is 2. The number of nitrogens with zero attached hydrogens (tertiary/aromatic N) is 3. The van der Waals surface area contributed by atoms with Crippen LogP contribution in [0.25, 0.3) is 22.7 Å². The second-order valence-electron chi connectivity index (χ2n) is 6.89. The maximum Gasteiger partial charge on any atom is 0.306 e. The predicted molar refractivity (Wildman–Crippen MR) is 111 cm³/mol. The normalized spacial score (nSPS) is 10.8.